The fraction of sp³-hybridized carbons (Fsp3) is 0.179. The van der Waals surface area contributed by atoms with Crippen molar-refractivity contribution in [3.8, 4) is 0 Å². The van der Waals surface area contributed by atoms with Gasteiger partial charge in [0.05, 0.1) is 55.3 Å². The van der Waals surface area contributed by atoms with E-state index in [0.717, 1.165) is 29.1 Å². The Hall–Kier alpha value is -6.00. The topological polar surface area (TPSA) is 95.4 Å². The Kier molecular flexibility index (Phi) is 9.84. The maximum atomic E-state index is 4.53. The van der Waals surface area contributed by atoms with E-state index in [1.165, 1.54) is 27.8 Å². The largest absolute Gasteiger partial charge is 0.285 e. The first-order valence-corrected chi connectivity index (χ1v) is 16.4. The summed E-state index contributed by atoms with van der Waals surface area (Å²) < 4.78 is 5.64. The molecule has 0 spiro atoms. The van der Waals surface area contributed by atoms with Gasteiger partial charge in [0.2, 0.25) is 0 Å². The first-order chi connectivity index (χ1) is 24.1. The molecular formula is C39H38N10. The third kappa shape index (κ3) is 8.88. The standard InChI is InChI=1S/C39H38N10/c1-2-31-13-15-32(16-14-31)21-33-17-19-36(20-18-33)24-49-30-39(42-45-49)27-46(25-37-28-47(43-40-37)22-34-9-5-3-6-10-34)26-38-29-48(44-41-38)23-35-11-7-4-8-12-35/h2-20,28-30H,1,21-27H2. The molecule has 3 heterocycles. The molecule has 7 rings (SSSR count). The normalized spacial score (nSPS) is 11.3. The number of benzene rings is 4. The third-order valence-electron chi connectivity index (χ3n) is 8.28. The van der Waals surface area contributed by atoms with Gasteiger partial charge in [-0.3, -0.25) is 4.90 Å². The summed E-state index contributed by atoms with van der Waals surface area (Å²) in [6.45, 7) is 7.53. The maximum Gasteiger partial charge on any atom is 0.0967 e. The van der Waals surface area contributed by atoms with Gasteiger partial charge in [0.25, 0.3) is 0 Å². The molecule has 0 bridgehead atoms. The van der Waals surface area contributed by atoms with Crippen molar-refractivity contribution in [3.63, 3.8) is 0 Å². The summed E-state index contributed by atoms with van der Waals surface area (Å²) >= 11 is 0. The zero-order valence-corrected chi connectivity index (χ0v) is 27.3. The summed E-state index contributed by atoms with van der Waals surface area (Å²) in [4.78, 5) is 2.25. The van der Waals surface area contributed by atoms with Crippen LogP contribution in [0.3, 0.4) is 0 Å². The molecule has 10 heteroatoms. The Balaban J connectivity index is 1.01. The fourth-order valence-electron chi connectivity index (χ4n) is 5.82. The van der Waals surface area contributed by atoms with Crippen LogP contribution in [0.2, 0.25) is 0 Å². The highest BCUT2D eigenvalue weighted by Crippen LogP contribution is 2.15. The highest BCUT2D eigenvalue weighted by atomic mass is 15.4. The van der Waals surface area contributed by atoms with Crippen molar-refractivity contribution in [2.75, 3.05) is 0 Å². The molecule has 0 amide bonds. The molecule has 0 unspecified atom stereocenters. The van der Waals surface area contributed by atoms with Crippen LogP contribution in [-0.4, -0.2) is 49.9 Å². The van der Waals surface area contributed by atoms with Crippen molar-refractivity contribution >= 4 is 6.08 Å². The molecule has 244 valence electrons. The first kappa shape index (κ1) is 31.6. The predicted molar refractivity (Wildman–Crippen MR) is 189 cm³/mol. The number of rotatable bonds is 15. The zero-order chi connectivity index (χ0) is 33.3. The Morgan fingerprint density at radius 1 is 0.469 bits per heavy atom. The molecule has 0 saturated carbocycles. The molecular weight excluding hydrogens is 608 g/mol. The van der Waals surface area contributed by atoms with Crippen LogP contribution in [0.5, 0.6) is 0 Å². The van der Waals surface area contributed by atoms with Crippen molar-refractivity contribution in [1.82, 2.24) is 49.9 Å². The van der Waals surface area contributed by atoms with Crippen LogP contribution in [0.1, 0.15) is 50.5 Å². The van der Waals surface area contributed by atoms with Gasteiger partial charge in [-0.05, 0) is 39.8 Å². The monoisotopic (exact) mass is 646 g/mol. The van der Waals surface area contributed by atoms with Crippen LogP contribution in [0.25, 0.3) is 6.08 Å². The Morgan fingerprint density at radius 3 is 1.24 bits per heavy atom. The number of hydrogen-bond acceptors (Lipinski definition) is 7. The molecule has 0 fully saturated rings. The van der Waals surface area contributed by atoms with Crippen LogP contribution < -0.4 is 0 Å². The number of aromatic nitrogens is 9. The summed E-state index contributed by atoms with van der Waals surface area (Å²) in [6, 6.07) is 37.8. The quantitative estimate of drug-likeness (QED) is 0.134. The van der Waals surface area contributed by atoms with Crippen LogP contribution in [0.15, 0.2) is 134 Å². The van der Waals surface area contributed by atoms with Gasteiger partial charge in [0.1, 0.15) is 0 Å². The average Bonchev–Trinajstić information content (AvgIpc) is 3.89. The SMILES string of the molecule is C=Cc1ccc(Cc2ccc(Cn3cc(CN(Cc4cn(Cc5ccccc5)nn4)Cc4cn(Cc5ccccc5)nn4)nn3)cc2)cc1. The molecule has 0 aliphatic carbocycles. The Bertz CT molecular complexity index is 1980. The Labute approximate surface area is 286 Å². The van der Waals surface area contributed by atoms with Crippen LogP contribution >= 0.6 is 0 Å². The van der Waals surface area contributed by atoms with Gasteiger partial charge >= 0.3 is 0 Å². The highest BCUT2D eigenvalue weighted by Gasteiger charge is 2.16. The lowest BCUT2D eigenvalue weighted by Crippen LogP contribution is -2.23. The molecule has 0 radical (unpaired) electrons. The third-order valence-corrected chi connectivity index (χ3v) is 8.28. The molecule has 0 aliphatic rings. The number of hydrogen-bond donors (Lipinski definition) is 0. The van der Waals surface area contributed by atoms with Gasteiger partial charge in [0, 0.05) is 19.6 Å². The molecule has 49 heavy (non-hydrogen) atoms. The van der Waals surface area contributed by atoms with E-state index in [9.17, 15) is 0 Å². The van der Waals surface area contributed by atoms with Gasteiger partial charge in [-0.15, -0.1) is 15.3 Å². The lowest BCUT2D eigenvalue weighted by molar-refractivity contribution is 0.238. The summed E-state index contributed by atoms with van der Waals surface area (Å²) in [5.74, 6) is 0. The first-order valence-electron chi connectivity index (χ1n) is 16.4. The molecule has 0 saturated heterocycles. The second kappa shape index (κ2) is 15.3. The van der Waals surface area contributed by atoms with E-state index in [0.29, 0.717) is 39.3 Å². The van der Waals surface area contributed by atoms with E-state index in [1.807, 2.05) is 75.1 Å². The van der Waals surface area contributed by atoms with Crippen LogP contribution in [0, 0.1) is 0 Å². The van der Waals surface area contributed by atoms with E-state index in [-0.39, 0.29) is 0 Å². The maximum absolute atomic E-state index is 4.53. The zero-order valence-electron chi connectivity index (χ0n) is 27.3. The molecule has 10 nitrogen and oxygen atoms in total. The molecule has 0 aliphatic heterocycles. The summed E-state index contributed by atoms with van der Waals surface area (Å²) in [5.41, 5.74) is 9.82. The van der Waals surface area contributed by atoms with Crippen LogP contribution in [-0.2, 0) is 45.7 Å². The molecule has 4 aromatic carbocycles. The van der Waals surface area contributed by atoms with E-state index in [1.54, 1.807) is 0 Å². The van der Waals surface area contributed by atoms with Crippen molar-refractivity contribution in [1.29, 1.82) is 0 Å². The molecule has 7 aromatic rings. The summed E-state index contributed by atoms with van der Waals surface area (Å²) in [7, 11) is 0. The van der Waals surface area contributed by atoms with Crippen molar-refractivity contribution < 1.29 is 0 Å². The minimum absolute atomic E-state index is 0.570. The summed E-state index contributed by atoms with van der Waals surface area (Å²) in [6.07, 6.45) is 8.78. The second-order valence-electron chi connectivity index (χ2n) is 12.3. The van der Waals surface area contributed by atoms with E-state index in [2.05, 4.69) is 115 Å². The van der Waals surface area contributed by atoms with Gasteiger partial charge in [-0.2, -0.15) is 0 Å². The molecule has 3 aromatic heterocycles. The van der Waals surface area contributed by atoms with Gasteiger partial charge in [0.15, 0.2) is 0 Å². The van der Waals surface area contributed by atoms with Crippen molar-refractivity contribution in [3.05, 3.63) is 185 Å². The molecule has 0 atom stereocenters. The van der Waals surface area contributed by atoms with Gasteiger partial charge in [-0.25, -0.2) is 14.0 Å². The van der Waals surface area contributed by atoms with E-state index >= 15 is 0 Å². The van der Waals surface area contributed by atoms with Gasteiger partial charge in [-0.1, -0.05) is 137 Å². The minimum Gasteiger partial charge on any atom is -0.285 e. The van der Waals surface area contributed by atoms with Crippen molar-refractivity contribution in [2.24, 2.45) is 0 Å². The average molecular weight is 647 g/mol. The van der Waals surface area contributed by atoms with E-state index < -0.39 is 0 Å². The highest BCUT2D eigenvalue weighted by molar-refractivity contribution is 5.47. The van der Waals surface area contributed by atoms with Gasteiger partial charge < -0.3 is 0 Å². The number of nitrogens with zero attached hydrogens (tertiary/aromatic N) is 10. The predicted octanol–water partition coefficient (Wildman–Crippen LogP) is 6.04. The lowest BCUT2D eigenvalue weighted by Gasteiger charge is -2.18. The smallest absolute Gasteiger partial charge is 0.0967 e. The lowest BCUT2D eigenvalue weighted by atomic mass is 10.0. The summed E-state index contributed by atoms with van der Waals surface area (Å²) in [5, 5.41) is 26.7. The second-order valence-corrected chi connectivity index (χ2v) is 12.3. The van der Waals surface area contributed by atoms with E-state index in [4.69, 9.17) is 0 Å². The minimum atomic E-state index is 0.570. The van der Waals surface area contributed by atoms with Crippen LogP contribution in [0.4, 0.5) is 0 Å². The molecule has 0 N–H and O–H groups in total. The van der Waals surface area contributed by atoms with Crippen molar-refractivity contribution in [2.45, 2.75) is 45.7 Å². The fourth-order valence-corrected chi connectivity index (χ4v) is 5.82. The Morgan fingerprint density at radius 2 is 0.837 bits per heavy atom.